The predicted molar refractivity (Wildman–Crippen MR) is 89.2 cm³/mol. The van der Waals surface area contributed by atoms with Crippen molar-refractivity contribution in [3.8, 4) is 0 Å². The van der Waals surface area contributed by atoms with Gasteiger partial charge in [-0.25, -0.2) is 0 Å². The molecule has 1 aliphatic heterocycles. The molecule has 0 unspecified atom stereocenters. The Morgan fingerprint density at radius 1 is 1.52 bits per heavy atom. The molecule has 6 nitrogen and oxygen atoms in total. The fourth-order valence-corrected chi connectivity index (χ4v) is 3.53. The van der Waals surface area contributed by atoms with E-state index >= 15 is 0 Å². The van der Waals surface area contributed by atoms with Gasteiger partial charge in [0.1, 0.15) is 6.04 Å². The van der Waals surface area contributed by atoms with E-state index < -0.39 is 17.6 Å². The number of amides is 1. The van der Waals surface area contributed by atoms with Gasteiger partial charge in [0, 0.05) is 20.1 Å². The van der Waals surface area contributed by atoms with E-state index in [-0.39, 0.29) is 23.9 Å². The minimum atomic E-state index is -0.863. The van der Waals surface area contributed by atoms with Crippen LogP contribution in [0.15, 0.2) is 12.2 Å². The summed E-state index contributed by atoms with van der Waals surface area (Å²) in [4.78, 5) is 23.1. The number of allylic oxidation sites excluding steroid dienone is 1. The van der Waals surface area contributed by atoms with Crippen molar-refractivity contribution in [1.82, 2.24) is 10.6 Å². The largest absolute Gasteiger partial charge is 0.480 e. The molecule has 0 spiro atoms. The molecule has 0 aliphatic carbocycles. The van der Waals surface area contributed by atoms with Crippen molar-refractivity contribution in [2.75, 3.05) is 7.11 Å². The van der Waals surface area contributed by atoms with Gasteiger partial charge in [-0.15, -0.1) is 0 Å². The number of hydrogen-bond acceptors (Lipinski definition) is 4. The predicted octanol–water partition coefficient (Wildman–Crippen LogP) is 1.70. The Kier molecular flexibility index (Phi) is 7.22. The highest BCUT2D eigenvalue weighted by atomic mass is 16.5. The first-order valence-corrected chi connectivity index (χ1v) is 8.23. The number of carbonyl (C=O) groups excluding carboxylic acids is 1. The van der Waals surface area contributed by atoms with Crippen LogP contribution in [0.3, 0.4) is 0 Å². The first kappa shape index (κ1) is 19.6. The minimum Gasteiger partial charge on any atom is -0.480 e. The molecular formula is C17H30N2O4. The fourth-order valence-electron chi connectivity index (χ4n) is 3.53. The number of carboxylic acids is 1. The lowest BCUT2D eigenvalue weighted by Crippen LogP contribution is -2.62. The second-order valence-corrected chi connectivity index (χ2v) is 6.45. The number of hydrogen-bond donors (Lipinski definition) is 3. The van der Waals surface area contributed by atoms with E-state index in [1.54, 1.807) is 7.11 Å². The maximum atomic E-state index is 11.7. The van der Waals surface area contributed by atoms with Gasteiger partial charge in [-0.05, 0) is 32.6 Å². The molecule has 0 aromatic carbocycles. The van der Waals surface area contributed by atoms with Gasteiger partial charge >= 0.3 is 5.97 Å². The van der Waals surface area contributed by atoms with E-state index in [0.717, 1.165) is 12.8 Å². The number of carbonyl (C=O) groups is 2. The maximum Gasteiger partial charge on any atom is 0.320 e. The van der Waals surface area contributed by atoms with Gasteiger partial charge < -0.3 is 15.2 Å². The number of aliphatic carboxylic acids is 1. The molecule has 1 heterocycles. The molecule has 6 heteroatoms. The molecule has 0 saturated carbocycles. The molecule has 0 bridgehead atoms. The van der Waals surface area contributed by atoms with Crippen LogP contribution in [-0.2, 0) is 14.3 Å². The molecular weight excluding hydrogens is 296 g/mol. The topological polar surface area (TPSA) is 87.7 Å². The van der Waals surface area contributed by atoms with E-state index in [1.165, 1.54) is 6.92 Å². The molecule has 1 fully saturated rings. The van der Waals surface area contributed by atoms with Gasteiger partial charge in [0.2, 0.25) is 5.91 Å². The lowest BCUT2D eigenvalue weighted by Gasteiger charge is -2.41. The van der Waals surface area contributed by atoms with Crippen molar-refractivity contribution in [1.29, 1.82) is 0 Å². The van der Waals surface area contributed by atoms with Crippen LogP contribution in [0.1, 0.15) is 47.0 Å². The van der Waals surface area contributed by atoms with Crippen LogP contribution >= 0.6 is 0 Å². The van der Waals surface area contributed by atoms with Crippen molar-refractivity contribution in [2.24, 2.45) is 5.92 Å². The highest BCUT2D eigenvalue weighted by Crippen LogP contribution is 2.32. The fraction of sp³-hybridized carbons (Fsp3) is 0.765. The summed E-state index contributed by atoms with van der Waals surface area (Å²) in [5, 5.41) is 15.5. The summed E-state index contributed by atoms with van der Waals surface area (Å²) < 4.78 is 5.75. The Bertz CT molecular complexity index is 452. The van der Waals surface area contributed by atoms with E-state index in [4.69, 9.17) is 4.74 Å². The van der Waals surface area contributed by atoms with Crippen LogP contribution in [0.5, 0.6) is 0 Å². The van der Waals surface area contributed by atoms with Crippen LogP contribution in [0, 0.1) is 5.92 Å². The molecule has 0 radical (unpaired) electrons. The number of ether oxygens (including phenoxy) is 1. The summed E-state index contributed by atoms with van der Waals surface area (Å²) in [5.74, 6) is -0.975. The van der Waals surface area contributed by atoms with Crippen molar-refractivity contribution >= 4 is 11.9 Å². The standard InChI is InChI=1S/C17H30N2O4/c1-6-8-12-10-13(16(21)22)19-14(12)15(18-11(3)20)17(4,23-5)9-7-2/h6,8,12-15,19H,7,9-10H2,1-5H3,(H,18,20)(H,21,22)/b8-6-/t12-,13-,14-,15-,17+/m1/s1. The first-order chi connectivity index (χ1) is 10.8. The van der Waals surface area contributed by atoms with Crippen LogP contribution in [0.25, 0.3) is 0 Å². The number of carboxylic acid groups (broad SMARTS) is 1. The zero-order valence-corrected chi connectivity index (χ0v) is 14.8. The summed E-state index contributed by atoms with van der Waals surface area (Å²) in [6, 6.07) is -1.11. The molecule has 1 amide bonds. The van der Waals surface area contributed by atoms with Crippen molar-refractivity contribution in [2.45, 2.75) is 70.7 Å². The SMILES string of the molecule is C/C=C\[C@@H]1C[C@H](C(=O)O)N[C@H]1[C@@H](NC(C)=O)[C@](C)(CCC)OC. The average Bonchev–Trinajstić information content (AvgIpc) is 2.89. The molecule has 5 atom stereocenters. The minimum absolute atomic E-state index is 0.0317. The van der Waals surface area contributed by atoms with Gasteiger partial charge in [-0.3, -0.25) is 14.9 Å². The van der Waals surface area contributed by atoms with Gasteiger partial charge in [0.05, 0.1) is 11.6 Å². The van der Waals surface area contributed by atoms with Gasteiger partial charge in [0.25, 0.3) is 0 Å². The molecule has 3 N–H and O–H groups in total. The highest BCUT2D eigenvalue weighted by molar-refractivity contribution is 5.75. The van der Waals surface area contributed by atoms with E-state index in [0.29, 0.717) is 6.42 Å². The molecule has 23 heavy (non-hydrogen) atoms. The molecule has 0 aromatic heterocycles. The van der Waals surface area contributed by atoms with Crippen LogP contribution in [-0.4, -0.2) is 47.8 Å². The molecule has 1 saturated heterocycles. The Hall–Kier alpha value is -1.40. The van der Waals surface area contributed by atoms with Crippen LogP contribution in [0.4, 0.5) is 0 Å². The Balaban J connectivity index is 3.16. The molecule has 1 rings (SSSR count). The summed E-state index contributed by atoms with van der Waals surface area (Å²) in [5.41, 5.74) is -0.564. The quantitative estimate of drug-likeness (QED) is 0.591. The summed E-state index contributed by atoms with van der Waals surface area (Å²) in [7, 11) is 1.64. The lowest BCUT2D eigenvalue weighted by molar-refractivity contribution is -0.139. The second kappa shape index (κ2) is 8.45. The van der Waals surface area contributed by atoms with E-state index in [1.807, 2.05) is 26.0 Å². The third-order valence-corrected chi connectivity index (χ3v) is 4.69. The van der Waals surface area contributed by atoms with Gasteiger partial charge in [0.15, 0.2) is 0 Å². The number of nitrogens with one attached hydrogen (secondary N) is 2. The van der Waals surface area contributed by atoms with Crippen molar-refractivity contribution < 1.29 is 19.4 Å². The Morgan fingerprint density at radius 3 is 2.61 bits per heavy atom. The van der Waals surface area contributed by atoms with Crippen molar-refractivity contribution in [3.63, 3.8) is 0 Å². The molecule has 0 aromatic rings. The Labute approximate surface area is 138 Å². The number of rotatable bonds is 8. The number of methoxy groups -OCH3 is 1. The van der Waals surface area contributed by atoms with Crippen LogP contribution in [0.2, 0.25) is 0 Å². The Morgan fingerprint density at radius 2 is 2.17 bits per heavy atom. The van der Waals surface area contributed by atoms with Crippen molar-refractivity contribution in [3.05, 3.63) is 12.2 Å². The molecule has 1 aliphatic rings. The first-order valence-electron chi connectivity index (χ1n) is 8.23. The smallest absolute Gasteiger partial charge is 0.320 e. The second-order valence-electron chi connectivity index (χ2n) is 6.45. The average molecular weight is 326 g/mol. The monoisotopic (exact) mass is 326 g/mol. The van der Waals surface area contributed by atoms with Crippen LogP contribution < -0.4 is 10.6 Å². The zero-order valence-electron chi connectivity index (χ0n) is 14.8. The highest BCUT2D eigenvalue weighted by Gasteiger charge is 2.47. The summed E-state index contributed by atoms with van der Waals surface area (Å²) in [6.07, 6.45) is 6.12. The van der Waals surface area contributed by atoms with Gasteiger partial charge in [-0.2, -0.15) is 0 Å². The summed E-state index contributed by atoms with van der Waals surface area (Å²) in [6.45, 7) is 7.43. The third-order valence-electron chi connectivity index (χ3n) is 4.69. The van der Waals surface area contributed by atoms with Gasteiger partial charge in [-0.1, -0.05) is 25.5 Å². The maximum absolute atomic E-state index is 11.7. The zero-order chi connectivity index (χ0) is 17.6. The third kappa shape index (κ3) is 4.78. The van der Waals surface area contributed by atoms with E-state index in [9.17, 15) is 14.7 Å². The van der Waals surface area contributed by atoms with E-state index in [2.05, 4.69) is 17.6 Å². The summed E-state index contributed by atoms with van der Waals surface area (Å²) >= 11 is 0. The normalized spacial score (nSPS) is 28.5. The molecule has 132 valence electrons. The lowest BCUT2D eigenvalue weighted by atomic mass is 9.81.